The molecule has 32 heavy (non-hydrogen) atoms. The number of amides is 2. The summed E-state index contributed by atoms with van der Waals surface area (Å²) in [5.41, 5.74) is 5.37. The number of halogens is 2. The first kappa shape index (κ1) is 21.8. The summed E-state index contributed by atoms with van der Waals surface area (Å²) >= 11 is 0. The number of piperidine rings is 1. The van der Waals surface area contributed by atoms with Gasteiger partial charge < -0.3 is 10.6 Å². The third-order valence-electron chi connectivity index (χ3n) is 6.08. The van der Waals surface area contributed by atoms with E-state index in [1.165, 1.54) is 23.5 Å². The number of hydrazone groups is 1. The molecule has 3 heterocycles. The Morgan fingerprint density at radius 3 is 2.50 bits per heavy atom. The van der Waals surface area contributed by atoms with Gasteiger partial charge in [-0.15, -0.1) is 0 Å². The van der Waals surface area contributed by atoms with Crippen LogP contribution in [-0.4, -0.2) is 46.1 Å². The molecule has 2 aromatic rings. The average molecular weight is 442 g/mol. The van der Waals surface area contributed by atoms with Crippen LogP contribution in [0, 0.1) is 23.0 Å². The standard InChI is InChI=1S/C22H24F2N6O2/c1-22(2)11-29(19-10-17(20(25)31)26-12-27-19)6-4-16(22)21(32)30-18(3-5-28-30)13-7-14(23)9-15(24)8-13/h5,7-10,12,16,18H,3-4,6,11H2,1-2H3,(H2,25,31)/t16-,18-/m0/s1. The molecule has 2 aliphatic rings. The summed E-state index contributed by atoms with van der Waals surface area (Å²) in [6.45, 7) is 5.00. The van der Waals surface area contributed by atoms with Gasteiger partial charge in [0.2, 0.25) is 5.91 Å². The molecule has 0 bridgehead atoms. The fraction of sp³-hybridized carbons (Fsp3) is 0.409. The number of primary amides is 1. The molecule has 0 spiro atoms. The van der Waals surface area contributed by atoms with Crippen molar-refractivity contribution in [3.8, 4) is 0 Å². The number of carbonyl (C=O) groups excluding carboxylic acids is 2. The van der Waals surface area contributed by atoms with Gasteiger partial charge in [-0.1, -0.05) is 13.8 Å². The van der Waals surface area contributed by atoms with E-state index in [0.717, 1.165) is 6.07 Å². The van der Waals surface area contributed by atoms with E-state index in [-0.39, 0.29) is 17.5 Å². The van der Waals surface area contributed by atoms with Crippen LogP contribution >= 0.6 is 0 Å². The zero-order valence-electron chi connectivity index (χ0n) is 17.8. The molecule has 2 N–H and O–H groups in total. The van der Waals surface area contributed by atoms with Gasteiger partial charge in [0.05, 0.1) is 6.04 Å². The van der Waals surface area contributed by atoms with Gasteiger partial charge in [0.1, 0.15) is 29.5 Å². The Bertz CT molecular complexity index is 1070. The summed E-state index contributed by atoms with van der Waals surface area (Å²) in [7, 11) is 0. The predicted octanol–water partition coefficient (Wildman–Crippen LogP) is 2.67. The second-order valence-corrected chi connectivity index (χ2v) is 8.81. The van der Waals surface area contributed by atoms with Crippen molar-refractivity contribution in [1.82, 2.24) is 15.0 Å². The van der Waals surface area contributed by atoms with Crippen molar-refractivity contribution >= 4 is 23.8 Å². The van der Waals surface area contributed by atoms with Crippen LogP contribution in [0.25, 0.3) is 0 Å². The van der Waals surface area contributed by atoms with Gasteiger partial charge in [0.25, 0.3) is 5.91 Å². The molecule has 0 unspecified atom stereocenters. The van der Waals surface area contributed by atoms with Crippen molar-refractivity contribution in [2.75, 3.05) is 18.0 Å². The molecular formula is C22H24F2N6O2. The Morgan fingerprint density at radius 1 is 1.12 bits per heavy atom. The number of anilines is 1. The molecule has 2 aliphatic heterocycles. The number of hydrogen-bond donors (Lipinski definition) is 1. The maximum atomic E-state index is 13.7. The zero-order chi connectivity index (χ0) is 23.0. The van der Waals surface area contributed by atoms with E-state index in [4.69, 9.17) is 5.73 Å². The Labute approximate surface area is 184 Å². The van der Waals surface area contributed by atoms with Crippen molar-refractivity contribution < 1.29 is 18.4 Å². The number of carbonyl (C=O) groups is 2. The SMILES string of the molecule is CC1(C)CN(c2cc(C(N)=O)ncn2)CC[C@H]1C(=O)N1N=CC[C@H]1c1cc(F)cc(F)c1. The third-order valence-corrected chi connectivity index (χ3v) is 6.08. The Kier molecular flexibility index (Phi) is 5.62. The van der Waals surface area contributed by atoms with E-state index in [1.807, 2.05) is 18.7 Å². The summed E-state index contributed by atoms with van der Waals surface area (Å²) in [5, 5.41) is 5.58. The molecule has 1 aromatic carbocycles. The Morgan fingerprint density at radius 2 is 1.84 bits per heavy atom. The van der Waals surface area contributed by atoms with Gasteiger partial charge >= 0.3 is 0 Å². The number of rotatable bonds is 4. The van der Waals surface area contributed by atoms with Crippen LogP contribution in [0.3, 0.4) is 0 Å². The normalized spacial score (nSPS) is 22.2. The number of nitrogens with zero attached hydrogens (tertiary/aromatic N) is 5. The molecule has 0 saturated carbocycles. The Hall–Kier alpha value is -3.43. The highest BCUT2D eigenvalue weighted by atomic mass is 19.1. The molecule has 1 aromatic heterocycles. The van der Waals surface area contributed by atoms with Gasteiger partial charge in [-0.2, -0.15) is 5.10 Å². The van der Waals surface area contributed by atoms with E-state index in [2.05, 4.69) is 15.1 Å². The minimum absolute atomic E-state index is 0.127. The summed E-state index contributed by atoms with van der Waals surface area (Å²) in [6.07, 6.45) is 3.81. The molecule has 1 saturated heterocycles. The molecular weight excluding hydrogens is 418 g/mol. The summed E-state index contributed by atoms with van der Waals surface area (Å²) in [6, 6.07) is 4.28. The van der Waals surface area contributed by atoms with E-state index in [9.17, 15) is 18.4 Å². The van der Waals surface area contributed by atoms with E-state index in [0.29, 0.717) is 37.3 Å². The van der Waals surface area contributed by atoms with Crippen LogP contribution in [0.4, 0.5) is 14.6 Å². The lowest BCUT2D eigenvalue weighted by Crippen LogP contribution is -2.51. The number of nitrogens with two attached hydrogens (primary N) is 1. The van der Waals surface area contributed by atoms with Gasteiger partial charge in [0, 0.05) is 43.8 Å². The largest absolute Gasteiger partial charge is 0.364 e. The first-order valence-corrected chi connectivity index (χ1v) is 10.3. The van der Waals surface area contributed by atoms with E-state index < -0.39 is 29.0 Å². The molecule has 168 valence electrons. The monoisotopic (exact) mass is 442 g/mol. The van der Waals surface area contributed by atoms with E-state index in [1.54, 1.807) is 12.3 Å². The molecule has 2 atom stereocenters. The molecule has 2 amide bonds. The van der Waals surface area contributed by atoms with Crippen molar-refractivity contribution in [3.05, 3.63) is 53.5 Å². The van der Waals surface area contributed by atoms with Crippen LogP contribution in [0.2, 0.25) is 0 Å². The maximum absolute atomic E-state index is 13.7. The summed E-state index contributed by atoms with van der Waals surface area (Å²) in [4.78, 5) is 35.0. The lowest BCUT2D eigenvalue weighted by atomic mass is 9.73. The molecule has 0 radical (unpaired) electrons. The third kappa shape index (κ3) is 4.17. The average Bonchev–Trinajstić information content (AvgIpc) is 3.22. The van der Waals surface area contributed by atoms with Gasteiger partial charge in [-0.05, 0) is 29.5 Å². The van der Waals surface area contributed by atoms with Crippen LogP contribution < -0.4 is 10.6 Å². The lowest BCUT2D eigenvalue weighted by molar-refractivity contribution is -0.142. The van der Waals surface area contributed by atoms with Gasteiger partial charge in [-0.25, -0.2) is 23.8 Å². The second-order valence-electron chi connectivity index (χ2n) is 8.81. The smallest absolute Gasteiger partial charge is 0.267 e. The highest BCUT2D eigenvalue weighted by molar-refractivity contribution is 5.91. The van der Waals surface area contributed by atoms with E-state index >= 15 is 0 Å². The van der Waals surface area contributed by atoms with Crippen LogP contribution in [0.5, 0.6) is 0 Å². The quantitative estimate of drug-likeness (QED) is 0.784. The highest BCUT2D eigenvalue weighted by Gasteiger charge is 2.44. The van der Waals surface area contributed by atoms with Crippen LogP contribution in [0.1, 0.15) is 48.8 Å². The lowest BCUT2D eigenvalue weighted by Gasteiger charge is -2.45. The van der Waals surface area contributed by atoms with Gasteiger partial charge in [0.15, 0.2) is 0 Å². The molecule has 10 heteroatoms. The number of benzene rings is 1. The fourth-order valence-electron chi connectivity index (χ4n) is 4.50. The number of aromatic nitrogens is 2. The van der Waals surface area contributed by atoms with Crippen molar-refractivity contribution in [3.63, 3.8) is 0 Å². The van der Waals surface area contributed by atoms with Gasteiger partial charge in [-0.3, -0.25) is 9.59 Å². The minimum Gasteiger partial charge on any atom is -0.364 e. The maximum Gasteiger partial charge on any atom is 0.267 e. The van der Waals surface area contributed by atoms with Crippen molar-refractivity contribution in [2.24, 2.45) is 22.2 Å². The first-order valence-electron chi connectivity index (χ1n) is 10.3. The molecule has 1 fully saturated rings. The highest BCUT2D eigenvalue weighted by Crippen LogP contribution is 2.40. The van der Waals surface area contributed by atoms with Crippen LogP contribution in [-0.2, 0) is 4.79 Å². The number of hydrogen-bond acceptors (Lipinski definition) is 6. The molecule has 4 rings (SSSR count). The first-order chi connectivity index (χ1) is 15.2. The summed E-state index contributed by atoms with van der Waals surface area (Å²) in [5.74, 6) is -1.98. The Balaban J connectivity index is 1.53. The second kappa shape index (κ2) is 8.25. The predicted molar refractivity (Wildman–Crippen MR) is 114 cm³/mol. The fourth-order valence-corrected chi connectivity index (χ4v) is 4.50. The van der Waals surface area contributed by atoms with Crippen molar-refractivity contribution in [1.29, 1.82) is 0 Å². The molecule has 0 aliphatic carbocycles. The minimum atomic E-state index is -0.687. The topological polar surface area (TPSA) is 105 Å². The molecule has 8 nitrogen and oxygen atoms in total. The zero-order valence-corrected chi connectivity index (χ0v) is 17.8. The van der Waals surface area contributed by atoms with Crippen molar-refractivity contribution in [2.45, 2.75) is 32.7 Å². The summed E-state index contributed by atoms with van der Waals surface area (Å²) < 4.78 is 27.5. The van der Waals surface area contributed by atoms with Crippen LogP contribution in [0.15, 0.2) is 35.7 Å².